The lowest BCUT2D eigenvalue weighted by molar-refractivity contribution is 0.0701. The van der Waals surface area contributed by atoms with Gasteiger partial charge in [0.25, 0.3) is 5.91 Å². The van der Waals surface area contributed by atoms with Crippen LogP contribution in [0.1, 0.15) is 43.0 Å². The smallest absolute Gasteiger partial charge is 0.407 e. The molecule has 0 aromatic heterocycles. The minimum atomic E-state index is -0.363. The monoisotopic (exact) mass is 338 g/mol. The first-order chi connectivity index (χ1) is 11.1. The number of nitrogens with one attached hydrogen (secondary N) is 1. The number of ether oxygens (including phenoxy) is 1. The molecule has 6 heteroatoms. The number of amides is 2. The van der Waals surface area contributed by atoms with Crippen molar-refractivity contribution in [2.75, 3.05) is 19.7 Å². The van der Waals surface area contributed by atoms with Crippen LogP contribution in [0.25, 0.3) is 0 Å². The number of halogens is 1. The number of piperidine rings is 1. The van der Waals surface area contributed by atoms with E-state index in [1.807, 2.05) is 6.92 Å². The van der Waals surface area contributed by atoms with E-state index in [4.69, 9.17) is 16.3 Å². The van der Waals surface area contributed by atoms with E-state index in [1.54, 1.807) is 29.2 Å². The van der Waals surface area contributed by atoms with E-state index >= 15 is 0 Å². The lowest BCUT2D eigenvalue weighted by Gasteiger charge is -2.32. The summed E-state index contributed by atoms with van der Waals surface area (Å²) in [6.07, 6.45) is 2.97. The Kier molecular flexibility index (Phi) is 6.71. The van der Waals surface area contributed by atoms with Gasteiger partial charge in [-0.25, -0.2) is 4.79 Å². The Bertz CT molecular complexity index is 542. The van der Waals surface area contributed by atoms with Gasteiger partial charge in [-0.15, -0.1) is 0 Å². The number of nitrogens with zero attached hydrogens (tertiary/aromatic N) is 1. The number of rotatable bonds is 5. The van der Waals surface area contributed by atoms with E-state index in [9.17, 15) is 9.59 Å². The Morgan fingerprint density at radius 3 is 2.74 bits per heavy atom. The van der Waals surface area contributed by atoms with Crippen molar-refractivity contribution in [2.24, 2.45) is 0 Å². The second-order valence-corrected chi connectivity index (χ2v) is 6.15. The summed E-state index contributed by atoms with van der Waals surface area (Å²) in [5, 5.41) is 3.42. The van der Waals surface area contributed by atoms with E-state index in [2.05, 4.69) is 5.32 Å². The molecule has 0 bridgehead atoms. The first-order valence-corrected chi connectivity index (χ1v) is 8.46. The van der Waals surface area contributed by atoms with Gasteiger partial charge in [-0.2, -0.15) is 0 Å². The van der Waals surface area contributed by atoms with Crippen LogP contribution in [-0.2, 0) is 4.74 Å². The molecular weight excluding hydrogens is 316 g/mol. The Labute approximate surface area is 141 Å². The van der Waals surface area contributed by atoms with E-state index in [1.165, 1.54) is 0 Å². The summed E-state index contributed by atoms with van der Waals surface area (Å²) >= 11 is 5.93. The molecule has 1 N–H and O–H groups in total. The number of unbranched alkanes of at least 4 members (excludes halogenated alkanes) is 1. The van der Waals surface area contributed by atoms with Crippen LogP contribution in [0, 0.1) is 0 Å². The molecule has 0 aliphatic carbocycles. The van der Waals surface area contributed by atoms with Gasteiger partial charge >= 0.3 is 6.09 Å². The van der Waals surface area contributed by atoms with Crippen molar-refractivity contribution in [1.29, 1.82) is 0 Å². The van der Waals surface area contributed by atoms with Crippen molar-refractivity contribution in [3.63, 3.8) is 0 Å². The Balaban J connectivity index is 1.77. The lowest BCUT2D eigenvalue weighted by Crippen LogP contribution is -2.46. The second-order valence-electron chi connectivity index (χ2n) is 5.71. The fourth-order valence-corrected chi connectivity index (χ4v) is 2.74. The Hall–Kier alpha value is -1.75. The molecule has 1 heterocycles. The minimum absolute atomic E-state index is 0.0172. The molecule has 0 atom stereocenters. The zero-order valence-electron chi connectivity index (χ0n) is 13.4. The first-order valence-electron chi connectivity index (χ1n) is 8.08. The zero-order valence-corrected chi connectivity index (χ0v) is 14.1. The highest BCUT2D eigenvalue weighted by Crippen LogP contribution is 2.17. The van der Waals surface area contributed by atoms with Crippen LogP contribution in [0.15, 0.2) is 24.3 Å². The summed E-state index contributed by atoms with van der Waals surface area (Å²) in [5.41, 5.74) is 0.600. The number of alkyl carbamates (subject to hydrolysis) is 1. The molecule has 23 heavy (non-hydrogen) atoms. The van der Waals surface area contributed by atoms with Gasteiger partial charge in [-0.05, 0) is 37.5 Å². The molecule has 5 nitrogen and oxygen atoms in total. The lowest BCUT2D eigenvalue weighted by atomic mass is 10.0. The predicted molar refractivity (Wildman–Crippen MR) is 89.8 cm³/mol. The summed E-state index contributed by atoms with van der Waals surface area (Å²) < 4.78 is 5.10. The van der Waals surface area contributed by atoms with Gasteiger partial charge in [0.1, 0.15) is 0 Å². The Morgan fingerprint density at radius 2 is 2.09 bits per heavy atom. The van der Waals surface area contributed by atoms with E-state index in [0.717, 1.165) is 25.7 Å². The average molecular weight is 339 g/mol. The van der Waals surface area contributed by atoms with Crippen molar-refractivity contribution in [1.82, 2.24) is 10.2 Å². The molecule has 0 spiro atoms. The molecule has 1 aliphatic rings. The van der Waals surface area contributed by atoms with Crippen molar-refractivity contribution in [2.45, 2.75) is 38.6 Å². The molecule has 1 aromatic rings. The summed E-state index contributed by atoms with van der Waals surface area (Å²) in [7, 11) is 0. The quantitative estimate of drug-likeness (QED) is 0.836. The molecule has 2 amide bonds. The first kappa shape index (κ1) is 17.6. The van der Waals surface area contributed by atoms with Gasteiger partial charge in [0.15, 0.2) is 0 Å². The number of carbonyl (C=O) groups excluding carboxylic acids is 2. The largest absolute Gasteiger partial charge is 0.450 e. The predicted octanol–water partition coefficient (Wildman–Crippen LogP) is 3.47. The number of likely N-dealkylation sites (tertiary alicyclic amines) is 1. The van der Waals surface area contributed by atoms with Gasteiger partial charge < -0.3 is 15.0 Å². The van der Waals surface area contributed by atoms with E-state index in [0.29, 0.717) is 30.3 Å². The van der Waals surface area contributed by atoms with Crippen molar-refractivity contribution >= 4 is 23.6 Å². The molecule has 0 unspecified atom stereocenters. The summed E-state index contributed by atoms with van der Waals surface area (Å²) in [4.78, 5) is 25.8. The summed E-state index contributed by atoms with van der Waals surface area (Å²) in [6.45, 7) is 3.73. The molecule has 1 aliphatic heterocycles. The van der Waals surface area contributed by atoms with Gasteiger partial charge in [-0.1, -0.05) is 31.0 Å². The topological polar surface area (TPSA) is 58.6 Å². The highest BCUT2D eigenvalue weighted by molar-refractivity contribution is 6.30. The van der Waals surface area contributed by atoms with Gasteiger partial charge in [0, 0.05) is 29.7 Å². The highest BCUT2D eigenvalue weighted by atomic mass is 35.5. The summed E-state index contributed by atoms with van der Waals surface area (Å²) in [6, 6.07) is 7.03. The van der Waals surface area contributed by atoms with Gasteiger partial charge in [0.2, 0.25) is 0 Å². The standard InChI is InChI=1S/C17H23ClN2O3/c1-2-3-11-23-17(22)19-15-7-9-20(10-8-15)16(21)13-5-4-6-14(18)12-13/h4-6,12,15H,2-3,7-11H2,1H3,(H,19,22). The molecule has 126 valence electrons. The normalized spacial score (nSPS) is 15.3. The molecule has 0 radical (unpaired) electrons. The zero-order chi connectivity index (χ0) is 16.7. The van der Waals surface area contributed by atoms with E-state index in [-0.39, 0.29) is 18.0 Å². The molecule has 2 rings (SSSR count). The number of benzene rings is 1. The molecule has 1 aromatic carbocycles. The van der Waals surface area contributed by atoms with Crippen LogP contribution in [0.4, 0.5) is 4.79 Å². The number of hydrogen-bond acceptors (Lipinski definition) is 3. The van der Waals surface area contributed by atoms with Crippen LogP contribution in [0.3, 0.4) is 0 Å². The molecule has 0 saturated carbocycles. The third-order valence-electron chi connectivity index (χ3n) is 3.91. The maximum atomic E-state index is 12.4. The van der Waals surface area contributed by atoms with Gasteiger partial charge in [-0.3, -0.25) is 4.79 Å². The van der Waals surface area contributed by atoms with Gasteiger partial charge in [0.05, 0.1) is 6.61 Å². The second kappa shape index (κ2) is 8.77. The van der Waals surface area contributed by atoms with Crippen molar-refractivity contribution in [3.8, 4) is 0 Å². The van der Waals surface area contributed by atoms with Crippen molar-refractivity contribution in [3.05, 3.63) is 34.9 Å². The van der Waals surface area contributed by atoms with Crippen LogP contribution >= 0.6 is 11.6 Å². The van der Waals surface area contributed by atoms with Crippen LogP contribution in [-0.4, -0.2) is 42.6 Å². The maximum absolute atomic E-state index is 12.4. The third kappa shape index (κ3) is 5.43. The molecule has 1 saturated heterocycles. The summed E-state index contributed by atoms with van der Waals surface area (Å²) in [5.74, 6) is -0.0172. The van der Waals surface area contributed by atoms with Crippen molar-refractivity contribution < 1.29 is 14.3 Å². The maximum Gasteiger partial charge on any atom is 0.407 e. The SMILES string of the molecule is CCCCOC(=O)NC1CCN(C(=O)c2cccc(Cl)c2)CC1. The van der Waals surface area contributed by atoms with Crippen LogP contribution in [0.2, 0.25) is 5.02 Å². The number of hydrogen-bond donors (Lipinski definition) is 1. The van der Waals surface area contributed by atoms with E-state index < -0.39 is 0 Å². The van der Waals surface area contributed by atoms with Crippen LogP contribution < -0.4 is 5.32 Å². The average Bonchev–Trinajstić information content (AvgIpc) is 2.55. The third-order valence-corrected chi connectivity index (χ3v) is 4.14. The fraction of sp³-hybridized carbons (Fsp3) is 0.529. The number of carbonyl (C=O) groups is 2. The Morgan fingerprint density at radius 1 is 1.35 bits per heavy atom. The molecular formula is C17H23ClN2O3. The highest BCUT2D eigenvalue weighted by Gasteiger charge is 2.24. The minimum Gasteiger partial charge on any atom is -0.450 e. The fourth-order valence-electron chi connectivity index (χ4n) is 2.55. The van der Waals surface area contributed by atoms with Crippen LogP contribution in [0.5, 0.6) is 0 Å². The molecule has 1 fully saturated rings.